The van der Waals surface area contributed by atoms with Gasteiger partial charge in [-0.25, -0.2) is 8.78 Å². The molecule has 158 valence electrons. The van der Waals surface area contributed by atoms with Crippen LogP contribution in [-0.4, -0.2) is 29.7 Å². The summed E-state index contributed by atoms with van der Waals surface area (Å²) in [5, 5.41) is 18.5. The van der Waals surface area contributed by atoms with E-state index in [0.717, 1.165) is 17.2 Å². The number of nitrogens with one attached hydrogen (secondary N) is 2. The van der Waals surface area contributed by atoms with Gasteiger partial charge in [-0.1, -0.05) is 35.9 Å². The van der Waals surface area contributed by atoms with Crippen LogP contribution in [0.5, 0.6) is 0 Å². The van der Waals surface area contributed by atoms with Gasteiger partial charge >= 0.3 is 0 Å². The Morgan fingerprint density at radius 3 is 2.50 bits per heavy atom. The molecule has 0 fully saturated rings. The molecular weight excluding hydrogens is 406 g/mol. The molecule has 0 bridgehead atoms. The Morgan fingerprint density at radius 1 is 1.07 bits per heavy atom. The first-order chi connectivity index (χ1) is 14.4. The molecule has 0 unspecified atom stereocenters. The number of carbonyl (C=O) groups excluding carboxylic acids is 1. The number of amides is 1. The van der Waals surface area contributed by atoms with E-state index in [1.54, 1.807) is 17.5 Å². The summed E-state index contributed by atoms with van der Waals surface area (Å²) in [6, 6.07) is 13.9. The molecule has 0 aliphatic heterocycles. The van der Waals surface area contributed by atoms with Crippen molar-refractivity contribution in [3.05, 3.63) is 93.2 Å². The smallest absolute Gasteiger partial charge is 0.261 e. The Kier molecular flexibility index (Phi) is 7.68. The minimum absolute atomic E-state index is 0.0963. The van der Waals surface area contributed by atoms with Crippen LogP contribution in [0.2, 0.25) is 0 Å². The largest absolute Gasteiger partial charge is 0.390 e. The minimum Gasteiger partial charge on any atom is -0.390 e. The number of rotatable bonds is 9. The van der Waals surface area contributed by atoms with Gasteiger partial charge < -0.3 is 15.7 Å². The Bertz CT molecular complexity index is 959. The summed E-state index contributed by atoms with van der Waals surface area (Å²) >= 11 is 1.28. The number of aliphatic hydroxyl groups excluding tert-OH is 1. The summed E-state index contributed by atoms with van der Waals surface area (Å²) in [6.45, 7) is 2.77. The van der Waals surface area contributed by atoms with Gasteiger partial charge in [-0.05, 0) is 48.1 Å². The average molecular weight is 431 g/mol. The summed E-state index contributed by atoms with van der Waals surface area (Å²) in [6.07, 6.45) is -0.857. The van der Waals surface area contributed by atoms with Crippen LogP contribution in [0.3, 0.4) is 0 Å². The van der Waals surface area contributed by atoms with Crippen molar-refractivity contribution in [3.8, 4) is 0 Å². The molecule has 3 rings (SSSR count). The van der Waals surface area contributed by atoms with E-state index in [4.69, 9.17) is 0 Å². The summed E-state index contributed by atoms with van der Waals surface area (Å²) in [7, 11) is 0. The first kappa shape index (κ1) is 22.1. The van der Waals surface area contributed by atoms with Crippen LogP contribution in [0.25, 0.3) is 0 Å². The average Bonchev–Trinajstić information content (AvgIpc) is 3.21. The van der Waals surface area contributed by atoms with Crippen LogP contribution in [0.15, 0.2) is 60.0 Å². The maximum atomic E-state index is 13.6. The number of halogens is 2. The van der Waals surface area contributed by atoms with E-state index < -0.39 is 23.8 Å². The number of thiophene rings is 1. The highest BCUT2D eigenvalue weighted by Crippen LogP contribution is 2.14. The van der Waals surface area contributed by atoms with Crippen LogP contribution in [0.4, 0.5) is 8.78 Å². The summed E-state index contributed by atoms with van der Waals surface area (Å²) in [5.74, 6) is -1.72. The van der Waals surface area contributed by atoms with Gasteiger partial charge in [0.25, 0.3) is 5.91 Å². The number of benzene rings is 2. The van der Waals surface area contributed by atoms with Gasteiger partial charge in [0.05, 0.1) is 17.0 Å². The molecule has 0 aliphatic rings. The van der Waals surface area contributed by atoms with E-state index in [2.05, 4.69) is 10.6 Å². The lowest BCUT2D eigenvalue weighted by molar-refractivity contribution is 0.0833. The predicted octanol–water partition coefficient (Wildman–Crippen LogP) is 3.83. The van der Waals surface area contributed by atoms with Crippen molar-refractivity contribution in [2.45, 2.75) is 32.0 Å². The van der Waals surface area contributed by atoms with E-state index in [1.165, 1.54) is 23.5 Å². The maximum absolute atomic E-state index is 13.6. The van der Waals surface area contributed by atoms with Gasteiger partial charge in [0, 0.05) is 19.2 Å². The van der Waals surface area contributed by atoms with Crippen molar-refractivity contribution in [2.75, 3.05) is 6.54 Å². The summed E-state index contributed by atoms with van der Waals surface area (Å²) in [5.41, 5.74) is 2.58. The zero-order valence-corrected chi connectivity index (χ0v) is 17.4. The van der Waals surface area contributed by atoms with Gasteiger partial charge in [-0.15, -0.1) is 11.3 Å². The molecule has 1 amide bonds. The minimum atomic E-state index is -0.954. The van der Waals surface area contributed by atoms with Gasteiger partial charge in [0.15, 0.2) is 0 Å². The number of hydrogen-bond acceptors (Lipinski definition) is 4. The van der Waals surface area contributed by atoms with Crippen LogP contribution >= 0.6 is 11.3 Å². The molecule has 2 atom stereocenters. The fourth-order valence-corrected chi connectivity index (χ4v) is 3.87. The molecule has 30 heavy (non-hydrogen) atoms. The summed E-state index contributed by atoms with van der Waals surface area (Å²) in [4.78, 5) is 13.0. The Hall–Kier alpha value is -2.61. The van der Waals surface area contributed by atoms with Crippen molar-refractivity contribution in [3.63, 3.8) is 0 Å². The molecule has 0 saturated heterocycles. The number of carbonyl (C=O) groups is 1. The molecule has 0 radical (unpaired) electrons. The number of hydrogen-bond donors (Lipinski definition) is 3. The molecule has 0 aliphatic carbocycles. The molecule has 0 saturated carbocycles. The normalized spacial score (nSPS) is 13.1. The highest BCUT2D eigenvalue weighted by Gasteiger charge is 2.23. The molecule has 0 spiro atoms. The topological polar surface area (TPSA) is 61.4 Å². The molecule has 4 nitrogen and oxygen atoms in total. The Morgan fingerprint density at radius 2 is 1.83 bits per heavy atom. The van der Waals surface area contributed by atoms with E-state index in [9.17, 15) is 18.7 Å². The van der Waals surface area contributed by atoms with E-state index in [1.807, 2.05) is 31.2 Å². The van der Waals surface area contributed by atoms with Crippen molar-refractivity contribution in [1.29, 1.82) is 0 Å². The summed E-state index contributed by atoms with van der Waals surface area (Å²) < 4.78 is 27.2. The zero-order valence-electron chi connectivity index (χ0n) is 16.6. The Labute approximate surface area is 178 Å². The van der Waals surface area contributed by atoms with Crippen molar-refractivity contribution >= 4 is 17.2 Å². The van der Waals surface area contributed by atoms with E-state index >= 15 is 0 Å². The third kappa shape index (κ3) is 6.45. The lowest BCUT2D eigenvalue weighted by Crippen LogP contribution is -2.48. The molecule has 3 N–H and O–H groups in total. The standard InChI is InChI=1S/C23H24F2N2O2S/c1-15-4-2-5-16(8-15)13-26-14-21(28)20(27-23(29)22-6-3-7-30-22)11-17-9-18(24)12-19(25)10-17/h2-10,12,20-21,26,28H,11,13-14H2,1H3,(H,27,29)/t20-,21+/m0/s1. The Balaban J connectivity index is 1.67. The van der Waals surface area contributed by atoms with Crippen molar-refractivity contribution < 1.29 is 18.7 Å². The quantitative estimate of drug-likeness (QED) is 0.484. The highest BCUT2D eigenvalue weighted by molar-refractivity contribution is 7.12. The van der Waals surface area contributed by atoms with Crippen LogP contribution in [0.1, 0.15) is 26.4 Å². The fraction of sp³-hybridized carbons (Fsp3) is 0.261. The first-order valence-corrected chi connectivity index (χ1v) is 10.5. The number of aliphatic hydroxyl groups is 1. The van der Waals surface area contributed by atoms with E-state index in [0.29, 0.717) is 17.0 Å². The van der Waals surface area contributed by atoms with E-state index in [-0.39, 0.29) is 18.9 Å². The SMILES string of the molecule is Cc1cccc(CNC[C@@H](O)[C@H](Cc2cc(F)cc(F)c2)NC(=O)c2cccs2)c1. The van der Waals surface area contributed by atoms with Crippen LogP contribution in [0, 0.1) is 18.6 Å². The van der Waals surface area contributed by atoms with Gasteiger partial charge in [0.2, 0.25) is 0 Å². The van der Waals surface area contributed by atoms with Gasteiger partial charge in [0.1, 0.15) is 11.6 Å². The fourth-order valence-electron chi connectivity index (χ4n) is 3.24. The van der Waals surface area contributed by atoms with Gasteiger partial charge in [-0.2, -0.15) is 0 Å². The molecule has 2 aromatic carbocycles. The lowest BCUT2D eigenvalue weighted by Gasteiger charge is -2.25. The predicted molar refractivity (Wildman–Crippen MR) is 115 cm³/mol. The van der Waals surface area contributed by atoms with Crippen molar-refractivity contribution in [1.82, 2.24) is 10.6 Å². The lowest BCUT2D eigenvalue weighted by atomic mass is 10.0. The maximum Gasteiger partial charge on any atom is 0.261 e. The molecular formula is C23H24F2N2O2S. The number of aryl methyl sites for hydroxylation is 1. The molecule has 1 heterocycles. The van der Waals surface area contributed by atoms with Crippen LogP contribution in [-0.2, 0) is 13.0 Å². The second-order valence-electron chi connectivity index (χ2n) is 7.23. The second-order valence-corrected chi connectivity index (χ2v) is 8.17. The third-order valence-corrected chi connectivity index (χ3v) is 5.54. The molecule has 7 heteroatoms. The van der Waals surface area contributed by atoms with Crippen molar-refractivity contribution in [2.24, 2.45) is 0 Å². The highest BCUT2D eigenvalue weighted by atomic mass is 32.1. The second kappa shape index (κ2) is 10.4. The third-order valence-electron chi connectivity index (χ3n) is 4.67. The molecule has 3 aromatic rings. The molecule has 1 aromatic heterocycles. The van der Waals surface area contributed by atoms with Crippen LogP contribution < -0.4 is 10.6 Å². The van der Waals surface area contributed by atoms with Gasteiger partial charge in [-0.3, -0.25) is 4.79 Å². The monoisotopic (exact) mass is 430 g/mol. The first-order valence-electron chi connectivity index (χ1n) is 9.64. The zero-order chi connectivity index (χ0) is 21.5.